The molecule has 17 heavy (non-hydrogen) atoms. The number of hydrogen-bond donors (Lipinski definition) is 1. The highest BCUT2D eigenvalue weighted by atomic mass is 28.2. The van der Waals surface area contributed by atoms with Crippen molar-refractivity contribution in [2.75, 3.05) is 0 Å². The molecule has 1 aromatic rings. The zero-order chi connectivity index (χ0) is 13.1. The van der Waals surface area contributed by atoms with E-state index in [0.29, 0.717) is 5.76 Å². The zero-order valence-electron chi connectivity index (χ0n) is 10.5. The third-order valence-electron chi connectivity index (χ3n) is 2.13. The van der Waals surface area contributed by atoms with Gasteiger partial charge in [-0.1, -0.05) is 39.5 Å². The average molecular weight is 250 g/mol. The molecule has 0 unspecified atom stereocenters. The summed E-state index contributed by atoms with van der Waals surface area (Å²) in [5, 5.41) is 8.99. The maximum Gasteiger partial charge on any atom is 0.335 e. The second-order valence-electron chi connectivity index (χ2n) is 5.16. The van der Waals surface area contributed by atoms with Gasteiger partial charge in [-0.25, -0.2) is 4.79 Å². The highest BCUT2D eigenvalue weighted by Crippen LogP contribution is 2.23. The van der Waals surface area contributed by atoms with Gasteiger partial charge in [-0.15, -0.1) is 0 Å². The summed E-state index contributed by atoms with van der Waals surface area (Å²) in [6.45, 7) is 10.3. The summed E-state index contributed by atoms with van der Waals surface area (Å²) in [6, 6.07) is 6.57. The molecule has 0 saturated heterocycles. The molecule has 0 aliphatic heterocycles. The minimum atomic E-state index is -0.924. The summed E-state index contributed by atoms with van der Waals surface area (Å²) < 4.78 is 5.69. The topological polar surface area (TPSA) is 46.5 Å². The van der Waals surface area contributed by atoms with Crippen molar-refractivity contribution in [3.05, 3.63) is 42.0 Å². The van der Waals surface area contributed by atoms with Crippen LogP contribution in [0.5, 0.6) is 0 Å². The van der Waals surface area contributed by atoms with Crippen LogP contribution in [0.1, 0.15) is 36.7 Å². The molecule has 0 heterocycles. The fourth-order valence-electron chi connectivity index (χ4n) is 1.19. The Balaban J connectivity index is 2.67. The quantitative estimate of drug-likeness (QED) is 0.660. The van der Waals surface area contributed by atoms with E-state index in [4.69, 9.17) is 9.53 Å². The van der Waals surface area contributed by atoms with Crippen LogP contribution in [0.25, 0.3) is 5.76 Å². The summed E-state index contributed by atoms with van der Waals surface area (Å²) in [4.78, 5) is 10.7. The third-order valence-corrected chi connectivity index (χ3v) is 3.49. The van der Waals surface area contributed by atoms with Crippen LogP contribution in [0.4, 0.5) is 0 Å². The van der Waals surface area contributed by atoms with Crippen molar-refractivity contribution < 1.29 is 14.3 Å². The van der Waals surface area contributed by atoms with Crippen molar-refractivity contribution in [3.8, 4) is 0 Å². The number of aromatic carboxylic acids is 1. The Labute approximate surface area is 104 Å². The van der Waals surface area contributed by atoms with Crippen LogP contribution in [0.3, 0.4) is 0 Å². The molecule has 0 aliphatic carbocycles. The number of benzene rings is 1. The fraction of sp³-hybridized carbons (Fsp3) is 0.308. The minimum absolute atomic E-state index is 0.212. The maximum absolute atomic E-state index is 10.7. The lowest BCUT2D eigenvalue weighted by atomic mass is 10.1. The van der Waals surface area contributed by atoms with Crippen LogP contribution in [0.15, 0.2) is 30.8 Å². The van der Waals surface area contributed by atoms with Gasteiger partial charge in [0.25, 0.3) is 0 Å². The predicted molar refractivity (Wildman–Crippen MR) is 71.8 cm³/mol. The second kappa shape index (κ2) is 5.18. The molecule has 3 nitrogen and oxygen atoms in total. The highest BCUT2D eigenvalue weighted by molar-refractivity contribution is 6.33. The molecule has 0 saturated carbocycles. The molecule has 1 rings (SSSR count). The SMILES string of the molecule is C=C(O[SiH2]C(C)(C)C)c1ccc(C(=O)O)cc1. The molecular weight excluding hydrogens is 232 g/mol. The van der Waals surface area contributed by atoms with E-state index >= 15 is 0 Å². The van der Waals surface area contributed by atoms with E-state index in [-0.39, 0.29) is 10.6 Å². The van der Waals surface area contributed by atoms with Crippen molar-refractivity contribution in [1.29, 1.82) is 0 Å². The predicted octanol–water partition coefficient (Wildman–Crippen LogP) is 2.67. The van der Waals surface area contributed by atoms with Crippen molar-refractivity contribution in [2.24, 2.45) is 0 Å². The van der Waals surface area contributed by atoms with Gasteiger partial charge in [0.15, 0.2) is 0 Å². The monoisotopic (exact) mass is 250 g/mol. The Morgan fingerprint density at radius 1 is 1.24 bits per heavy atom. The first kappa shape index (κ1) is 13.5. The zero-order valence-corrected chi connectivity index (χ0v) is 11.9. The van der Waals surface area contributed by atoms with E-state index in [0.717, 1.165) is 5.56 Å². The first-order valence-electron chi connectivity index (χ1n) is 5.45. The Kier molecular flexibility index (Phi) is 4.12. The summed E-state index contributed by atoms with van der Waals surface area (Å²) >= 11 is 0. The maximum atomic E-state index is 10.7. The molecule has 0 aliphatic rings. The largest absolute Gasteiger partial charge is 0.549 e. The molecule has 4 heteroatoms. The van der Waals surface area contributed by atoms with Gasteiger partial charge in [-0.2, -0.15) is 0 Å². The lowest BCUT2D eigenvalue weighted by molar-refractivity contribution is 0.0697. The van der Waals surface area contributed by atoms with Gasteiger partial charge in [-0.05, 0) is 17.2 Å². The van der Waals surface area contributed by atoms with E-state index in [1.807, 2.05) is 0 Å². The van der Waals surface area contributed by atoms with Crippen LogP contribution in [-0.4, -0.2) is 20.8 Å². The first-order chi connectivity index (χ1) is 7.79. The molecule has 0 amide bonds. The summed E-state index contributed by atoms with van der Waals surface area (Å²) in [5.41, 5.74) is 1.11. The Morgan fingerprint density at radius 3 is 2.12 bits per heavy atom. The van der Waals surface area contributed by atoms with Crippen molar-refractivity contribution >= 4 is 21.5 Å². The van der Waals surface area contributed by atoms with Gasteiger partial charge in [0.1, 0.15) is 5.76 Å². The van der Waals surface area contributed by atoms with Crippen LogP contribution in [0.2, 0.25) is 5.04 Å². The molecule has 1 N–H and O–H groups in total. The first-order valence-corrected chi connectivity index (χ1v) is 6.73. The van der Waals surface area contributed by atoms with E-state index in [2.05, 4.69) is 27.4 Å². The van der Waals surface area contributed by atoms with Crippen LogP contribution >= 0.6 is 0 Å². The van der Waals surface area contributed by atoms with E-state index in [9.17, 15) is 4.79 Å². The van der Waals surface area contributed by atoms with Gasteiger partial charge in [0, 0.05) is 5.56 Å². The molecule has 0 aromatic heterocycles. The highest BCUT2D eigenvalue weighted by Gasteiger charge is 2.13. The Morgan fingerprint density at radius 2 is 1.71 bits per heavy atom. The Hall–Kier alpha value is -1.55. The standard InChI is InChI=1S/C13H18O3Si/c1-9(16-17-13(2,3)4)10-5-7-11(8-6-10)12(14)15/h5-8H,1,17H2,2-4H3,(H,14,15). The number of carboxylic acid groups (broad SMARTS) is 1. The molecule has 92 valence electrons. The van der Waals surface area contributed by atoms with E-state index in [1.165, 1.54) is 0 Å². The molecule has 1 aromatic carbocycles. The van der Waals surface area contributed by atoms with Crippen molar-refractivity contribution in [2.45, 2.75) is 25.8 Å². The smallest absolute Gasteiger partial charge is 0.335 e. The second-order valence-corrected chi connectivity index (χ2v) is 7.85. The van der Waals surface area contributed by atoms with Crippen LogP contribution in [-0.2, 0) is 4.43 Å². The molecular formula is C13H18O3Si. The number of carbonyl (C=O) groups is 1. The molecule has 0 atom stereocenters. The summed E-state index contributed by atoms with van der Waals surface area (Å²) in [7, 11) is -0.683. The van der Waals surface area contributed by atoms with Crippen molar-refractivity contribution in [3.63, 3.8) is 0 Å². The lowest BCUT2D eigenvalue weighted by Crippen LogP contribution is -2.11. The van der Waals surface area contributed by atoms with Crippen LogP contribution < -0.4 is 0 Å². The summed E-state index contributed by atoms with van der Waals surface area (Å²) in [5.74, 6) is -0.296. The van der Waals surface area contributed by atoms with Gasteiger partial charge in [0.2, 0.25) is 9.76 Å². The Bertz CT molecular complexity index is 415. The van der Waals surface area contributed by atoms with Gasteiger partial charge >= 0.3 is 5.97 Å². The van der Waals surface area contributed by atoms with Gasteiger partial charge in [-0.3, -0.25) is 0 Å². The van der Waals surface area contributed by atoms with E-state index in [1.54, 1.807) is 24.3 Å². The number of hydrogen-bond acceptors (Lipinski definition) is 2. The molecule has 0 bridgehead atoms. The molecule has 0 radical (unpaired) electrons. The fourth-order valence-corrected chi connectivity index (χ4v) is 1.96. The lowest BCUT2D eigenvalue weighted by Gasteiger charge is -2.19. The van der Waals surface area contributed by atoms with E-state index < -0.39 is 15.7 Å². The van der Waals surface area contributed by atoms with Gasteiger partial charge in [0.05, 0.1) is 5.56 Å². The molecule has 0 spiro atoms. The third kappa shape index (κ3) is 4.44. The van der Waals surface area contributed by atoms with Crippen molar-refractivity contribution in [1.82, 2.24) is 0 Å². The summed E-state index contributed by atoms with van der Waals surface area (Å²) in [6.07, 6.45) is 0. The minimum Gasteiger partial charge on any atom is -0.549 e. The normalized spacial score (nSPS) is 11.7. The number of rotatable bonds is 4. The number of carboxylic acids is 1. The molecule has 0 fully saturated rings. The average Bonchev–Trinajstić information content (AvgIpc) is 2.25. The van der Waals surface area contributed by atoms with Gasteiger partial charge < -0.3 is 9.53 Å². The van der Waals surface area contributed by atoms with Crippen LogP contribution in [0, 0.1) is 0 Å².